The Balaban J connectivity index is 1.22. The van der Waals surface area contributed by atoms with Gasteiger partial charge in [-0.15, -0.1) is 0 Å². The lowest BCUT2D eigenvalue weighted by Crippen LogP contribution is -2.50. The summed E-state index contributed by atoms with van der Waals surface area (Å²) >= 11 is 0. The molecule has 1 aliphatic heterocycles. The van der Waals surface area contributed by atoms with E-state index in [-0.39, 0.29) is 23.9 Å². The van der Waals surface area contributed by atoms with E-state index in [4.69, 9.17) is 11.5 Å². The van der Waals surface area contributed by atoms with Crippen LogP contribution in [0.25, 0.3) is 22.2 Å². The Labute approximate surface area is 255 Å². The number of imide groups is 1. The fourth-order valence-electron chi connectivity index (χ4n) is 6.23. The Bertz CT molecular complexity index is 1670. The van der Waals surface area contributed by atoms with Crippen LogP contribution in [-0.4, -0.2) is 70.5 Å². The van der Waals surface area contributed by atoms with Crippen LogP contribution in [0.4, 0.5) is 11.6 Å². The van der Waals surface area contributed by atoms with Crippen LogP contribution in [-0.2, 0) is 16.0 Å². The predicted octanol–water partition coefficient (Wildman–Crippen LogP) is 1.92. The largest absolute Gasteiger partial charge is 0.338 e. The molecule has 0 unspecified atom stereocenters. The summed E-state index contributed by atoms with van der Waals surface area (Å²) in [7, 11) is 0. The molecule has 2 aromatic carbocycles. The van der Waals surface area contributed by atoms with E-state index >= 15 is 0 Å². The van der Waals surface area contributed by atoms with E-state index in [1.54, 1.807) is 18.2 Å². The van der Waals surface area contributed by atoms with Gasteiger partial charge in [0.15, 0.2) is 0 Å². The number of imidazole rings is 1. The van der Waals surface area contributed by atoms with Crippen LogP contribution < -0.4 is 32.3 Å². The second-order valence-corrected chi connectivity index (χ2v) is 11.8. The van der Waals surface area contributed by atoms with Crippen molar-refractivity contribution in [3.05, 3.63) is 70.9 Å². The topological polar surface area (TPSA) is 179 Å². The maximum atomic E-state index is 14.0. The maximum Gasteiger partial charge on any atom is 0.323 e. The SMILES string of the molecule is NCC1CCC(C(=O)N(C(=O)[C@@H](N)Cc2cccc(-c3cnc(N4CCNCC4)nc3)c2)c2ccc3[nH]c(=O)[nH]c3c2)CC1. The van der Waals surface area contributed by atoms with Crippen molar-refractivity contribution in [1.29, 1.82) is 0 Å². The van der Waals surface area contributed by atoms with E-state index in [0.29, 0.717) is 48.0 Å². The third-order valence-corrected chi connectivity index (χ3v) is 8.80. The Morgan fingerprint density at radius 1 is 0.955 bits per heavy atom. The minimum absolute atomic E-state index is 0.235. The molecule has 12 nitrogen and oxygen atoms in total. The average molecular weight is 598 g/mol. The average Bonchev–Trinajstić information content (AvgIpc) is 3.44. The Morgan fingerprint density at radius 2 is 1.68 bits per heavy atom. The number of rotatable bonds is 8. The maximum absolute atomic E-state index is 14.0. The molecule has 2 fully saturated rings. The first-order valence-electron chi connectivity index (χ1n) is 15.3. The molecule has 2 amide bonds. The smallest absolute Gasteiger partial charge is 0.323 e. The number of fused-ring (bicyclic) bond motifs is 1. The van der Waals surface area contributed by atoms with Crippen molar-refractivity contribution in [2.75, 3.05) is 42.5 Å². The number of H-pyrrole nitrogens is 2. The van der Waals surface area contributed by atoms with Crippen molar-refractivity contribution < 1.29 is 9.59 Å². The van der Waals surface area contributed by atoms with Crippen LogP contribution in [0, 0.1) is 11.8 Å². The monoisotopic (exact) mass is 597 g/mol. The van der Waals surface area contributed by atoms with Crippen molar-refractivity contribution in [2.24, 2.45) is 23.3 Å². The van der Waals surface area contributed by atoms with Gasteiger partial charge in [0.2, 0.25) is 11.9 Å². The molecule has 2 aromatic heterocycles. The van der Waals surface area contributed by atoms with E-state index < -0.39 is 11.9 Å². The number of nitrogens with two attached hydrogens (primary N) is 2. The molecule has 1 saturated heterocycles. The van der Waals surface area contributed by atoms with Crippen molar-refractivity contribution in [3.63, 3.8) is 0 Å². The molecule has 0 spiro atoms. The molecule has 230 valence electrons. The zero-order valence-corrected chi connectivity index (χ0v) is 24.7. The van der Waals surface area contributed by atoms with Crippen molar-refractivity contribution in [2.45, 2.75) is 38.1 Å². The van der Waals surface area contributed by atoms with Gasteiger partial charge >= 0.3 is 5.69 Å². The Kier molecular flexibility index (Phi) is 8.82. The number of hydrogen-bond acceptors (Lipinski definition) is 9. The fraction of sp³-hybridized carbons (Fsp3) is 0.406. The summed E-state index contributed by atoms with van der Waals surface area (Å²) < 4.78 is 0. The third-order valence-electron chi connectivity index (χ3n) is 8.80. The molecule has 1 saturated carbocycles. The first kappa shape index (κ1) is 29.7. The number of anilines is 2. The molecule has 6 rings (SSSR count). The number of amides is 2. The molecule has 0 radical (unpaired) electrons. The van der Waals surface area contributed by atoms with Crippen molar-refractivity contribution >= 4 is 34.5 Å². The van der Waals surface area contributed by atoms with Crippen molar-refractivity contribution in [1.82, 2.24) is 25.3 Å². The summed E-state index contributed by atoms with van der Waals surface area (Å²) in [5.74, 6) is 0.0447. The van der Waals surface area contributed by atoms with Gasteiger partial charge in [-0.05, 0) is 73.9 Å². The number of carbonyl (C=O) groups is 2. The van der Waals surface area contributed by atoms with Crippen LogP contribution >= 0.6 is 0 Å². The fourth-order valence-corrected chi connectivity index (χ4v) is 6.23. The summed E-state index contributed by atoms with van der Waals surface area (Å²) in [4.78, 5) is 57.8. The van der Waals surface area contributed by atoms with Crippen molar-refractivity contribution in [3.8, 4) is 11.1 Å². The van der Waals surface area contributed by atoms with E-state index in [1.165, 1.54) is 4.90 Å². The number of carbonyl (C=O) groups excluding carboxylic acids is 2. The van der Waals surface area contributed by atoms with E-state index in [9.17, 15) is 14.4 Å². The normalized spacial score (nSPS) is 19.5. The second-order valence-electron chi connectivity index (χ2n) is 11.8. The first-order chi connectivity index (χ1) is 21.4. The molecule has 2 aliphatic rings. The van der Waals surface area contributed by atoms with Gasteiger partial charge in [-0.25, -0.2) is 19.7 Å². The van der Waals surface area contributed by atoms with Crippen LogP contribution in [0.3, 0.4) is 0 Å². The van der Waals surface area contributed by atoms with Gasteiger partial charge in [0, 0.05) is 50.1 Å². The highest BCUT2D eigenvalue weighted by atomic mass is 16.2. The molecule has 44 heavy (non-hydrogen) atoms. The molecule has 4 aromatic rings. The lowest BCUT2D eigenvalue weighted by molar-refractivity contribution is -0.130. The number of nitrogens with one attached hydrogen (secondary N) is 3. The van der Waals surface area contributed by atoms with E-state index in [2.05, 4.69) is 30.2 Å². The molecule has 7 N–H and O–H groups in total. The highest BCUT2D eigenvalue weighted by molar-refractivity contribution is 6.17. The summed E-state index contributed by atoms with van der Waals surface area (Å²) in [6.45, 7) is 4.14. The lowest BCUT2D eigenvalue weighted by Gasteiger charge is -2.32. The van der Waals surface area contributed by atoms with Gasteiger partial charge in [-0.2, -0.15) is 0 Å². The molecule has 1 atom stereocenters. The van der Waals surface area contributed by atoms with Crippen LogP contribution in [0.15, 0.2) is 59.7 Å². The van der Waals surface area contributed by atoms with Crippen LogP contribution in [0.1, 0.15) is 31.2 Å². The zero-order chi connectivity index (χ0) is 30.6. The minimum atomic E-state index is -0.970. The molecule has 1 aliphatic carbocycles. The molecular formula is C32H39N9O3. The van der Waals surface area contributed by atoms with Gasteiger partial charge in [-0.1, -0.05) is 24.3 Å². The zero-order valence-electron chi connectivity index (χ0n) is 24.7. The molecule has 12 heteroatoms. The Hall–Kier alpha value is -4.39. The van der Waals surface area contributed by atoms with Gasteiger partial charge < -0.3 is 31.7 Å². The van der Waals surface area contributed by atoms with E-state index in [0.717, 1.165) is 55.7 Å². The number of hydrogen-bond donors (Lipinski definition) is 5. The van der Waals surface area contributed by atoms with Crippen LogP contribution in [0.5, 0.6) is 0 Å². The highest BCUT2D eigenvalue weighted by Gasteiger charge is 2.35. The second kappa shape index (κ2) is 13.1. The molecule has 3 heterocycles. The minimum Gasteiger partial charge on any atom is -0.338 e. The van der Waals surface area contributed by atoms with Gasteiger partial charge in [0.25, 0.3) is 5.91 Å². The third kappa shape index (κ3) is 6.42. The quantitative estimate of drug-likeness (QED) is 0.203. The van der Waals surface area contributed by atoms with Gasteiger partial charge in [0.05, 0.1) is 22.8 Å². The first-order valence-corrected chi connectivity index (χ1v) is 15.3. The number of nitrogens with zero attached hydrogens (tertiary/aromatic N) is 4. The number of aromatic nitrogens is 4. The number of aromatic amines is 2. The lowest BCUT2D eigenvalue weighted by atomic mass is 9.81. The van der Waals surface area contributed by atoms with Gasteiger partial charge in [-0.3, -0.25) is 9.59 Å². The molecule has 0 bridgehead atoms. The summed E-state index contributed by atoms with van der Waals surface area (Å²) in [5.41, 5.74) is 16.2. The molecular weight excluding hydrogens is 558 g/mol. The highest BCUT2D eigenvalue weighted by Crippen LogP contribution is 2.32. The summed E-state index contributed by atoms with van der Waals surface area (Å²) in [5, 5.41) is 3.33. The summed E-state index contributed by atoms with van der Waals surface area (Å²) in [6, 6.07) is 11.8. The van der Waals surface area contributed by atoms with Crippen LogP contribution in [0.2, 0.25) is 0 Å². The van der Waals surface area contributed by atoms with Gasteiger partial charge in [0.1, 0.15) is 0 Å². The number of piperazine rings is 1. The summed E-state index contributed by atoms with van der Waals surface area (Å²) in [6.07, 6.45) is 6.89. The standard InChI is InChI=1S/C32H39N9O3/c33-17-20-4-6-22(7-5-20)29(42)41(25-8-9-27-28(16-25)39-32(44)38-27)30(43)26(34)15-21-2-1-3-23(14-21)24-18-36-31(37-19-24)40-12-10-35-11-13-40/h1-3,8-9,14,16,18-20,22,26,35H,4-7,10-13,15,17,33-34H2,(H2,38,39,44)/t20?,22?,26-/m0/s1. The Morgan fingerprint density at radius 3 is 2.41 bits per heavy atom. The predicted molar refractivity (Wildman–Crippen MR) is 170 cm³/mol. The van der Waals surface area contributed by atoms with E-state index in [1.807, 2.05) is 36.7 Å². The number of benzene rings is 2.